The normalized spacial score (nSPS) is 10.2. The van der Waals surface area contributed by atoms with Crippen LogP contribution in [0.2, 0.25) is 0 Å². The van der Waals surface area contributed by atoms with Crippen LogP contribution in [0.3, 0.4) is 0 Å². The first-order valence-corrected chi connectivity index (χ1v) is 8.36. The van der Waals surface area contributed by atoms with E-state index in [0.717, 1.165) is 4.47 Å². The van der Waals surface area contributed by atoms with Crippen molar-refractivity contribution < 1.29 is 14.0 Å². The molecule has 132 valence electrons. The Balaban J connectivity index is 1.50. The first kappa shape index (κ1) is 17.6. The van der Waals surface area contributed by atoms with Crippen LogP contribution < -0.4 is 16.0 Å². The van der Waals surface area contributed by atoms with Gasteiger partial charge in [0.1, 0.15) is 0 Å². The predicted octanol–water partition coefficient (Wildman–Crippen LogP) is 3.26. The van der Waals surface area contributed by atoms with E-state index < -0.39 is 6.03 Å². The molecule has 2 aromatic carbocycles. The van der Waals surface area contributed by atoms with E-state index in [-0.39, 0.29) is 12.5 Å². The zero-order valence-corrected chi connectivity index (χ0v) is 15.0. The molecule has 26 heavy (non-hydrogen) atoms. The molecule has 3 rings (SSSR count). The summed E-state index contributed by atoms with van der Waals surface area (Å²) in [6.07, 6.45) is 1.23. The third-order valence-electron chi connectivity index (χ3n) is 3.26. The second kappa shape index (κ2) is 8.26. The third-order valence-corrected chi connectivity index (χ3v) is 3.79. The summed E-state index contributed by atoms with van der Waals surface area (Å²) in [5, 5.41) is 15.2. The van der Waals surface area contributed by atoms with Gasteiger partial charge in [-0.1, -0.05) is 22.0 Å². The molecule has 0 radical (unpaired) electrons. The molecule has 0 aliphatic carbocycles. The average molecular weight is 416 g/mol. The lowest BCUT2D eigenvalue weighted by Crippen LogP contribution is -2.35. The molecule has 9 heteroatoms. The molecule has 3 N–H and O–H groups in total. The molecule has 0 aliphatic rings. The number of aromatic nitrogens is 2. The fourth-order valence-electron chi connectivity index (χ4n) is 2.10. The first-order chi connectivity index (χ1) is 12.6. The smallest absolute Gasteiger partial charge is 0.319 e. The average Bonchev–Trinajstić information content (AvgIpc) is 3.17. The summed E-state index contributed by atoms with van der Waals surface area (Å²) in [7, 11) is 0. The standard InChI is InChI=1S/C17H14BrN5O3/c18-12-4-6-13(7-5-12)21-15(24)9-19-17(25)22-14-3-1-2-11(8-14)16-23-20-10-26-16/h1-8,10H,9H2,(H,21,24)(H2,19,22,25). The van der Waals surface area contributed by atoms with Crippen LogP contribution in [0.4, 0.5) is 16.2 Å². The van der Waals surface area contributed by atoms with Crippen LogP contribution in [-0.4, -0.2) is 28.7 Å². The molecule has 0 saturated carbocycles. The fraction of sp³-hybridized carbons (Fsp3) is 0.0588. The molecule has 3 amide bonds. The SMILES string of the molecule is O=C(CNC(=O)Nc1cccc(-c2nnco2)c1)Nc1ccc(Br)cc1. The van der Waals surface area contributed by atoms with Gasteiger partial charge in [0.2, 0.25) is 18.2 Å². The number of nitrogens with one attached hydrogen (secondary N) is 3. The van der Waals surface area contributed by atoms with Gasteiger partial charge in [0.25, 0.3) is 0 Å². The molecule has 1 heterocycles. The summed E-state index contributed by atoms with van der Waals surface area (Å²) < 4.78 is 6.03. The fourth-order valence-corrected chi connectivity index (χ4v) is 2.37. The van der Waals surface area contributed by atoms with E-state index in [1.807, 2.05) is 12.1 Å². The van der Waals surface area contributed by atoms with Gasteiger partial charge in [-0.15, -0.1) is 10.2 Å². The maximum Gasteiger partial charge on any atom is 0.319 e. The summed E-state index contributed by atoms with van der Waals surface area (Å²) in [4.78, 5) is 23.8. The number of carbonyl (C=O) groups excluding carboxylic acids is 2. The van der Waals surface area contributed by atoms with E-state index in [2.05, 4.69) is 42.1 Å². The van der Waals surface area contributed by atoms with Gasteiger partial charge in [-0.25, -0.2) is 4.79 Å². The van der Waals surface area contributed by atoms with Gasteiger partial charge in [-0.05, 0) is 42.5 Å². The minimum atomic E-state index is -0.501. The highest BCUT2D eigenvalue weighted by Gasteiger charge is 2.08. The van der Waals surface area contributed by atoms with Crippen molar-refractivity contribution in [2.45, 2.75) is 0 Å². The Morgan fingerprint density at radius 2 is 1.85 bits per heavy atom. The molecule has 0 unspecified atom stereocenters. The summed E-state index contributed by atoms with van der Waals surface area (Å²) in [5.74, 6) is 0.0185. The summed E-state index contributed by atoms with van der Waals surface area (Å²) >= 11 is 3.32. The van der Waals surface area contributed by atoms with Gasteiger partial charge >= 0.3 is 6.03 Å². The van der Waals surface area contributed by atoms with Crippen molar-refractivity contribution in [2.75, 3.05) is 17.2 Å². The van der Waals surface area contributed by atoms with Crippen LogP contribution in [0.15, 0.2) is 63.8 Å². The van der Waals surface area contributed by atoms with Gasteiger partial charge in [0.05, 0.1) is 6.54 Å². The number of hydrogen-bond acceptors (Lipinski definition) is 5. The Hall–Kier alpha value is -3.20. The Morgan fingerprint density at radius 3 is 2.58 bits per heavy atom. The van der Waals surface area contributed by atoms with E-state index in [0.29, 0.717) is 22.8 Å². The van der Waals surface area contributed by atoms with Crippen LogP contribution in [-0.2, 0) is 4.79 Å². The molecular formula is C17H14BrN5O3. The van der Waals surface area contributed by atoms with Crippen molar-refractivity contribution in [1.82, 2.24) is 15.5 Å². The van der Waals surface area contributed by atoms with Crippen LogP contribution in [0.25, 0.3) is 11.5 Å². The Kier molecular flexibility index (Phi) is 5.59. The molecule has 3 aromatic rings. The maximum atomic E-state index is 12.0. The summed E-state index contributed by atoms with van der Waals surface area (Å²) in [5.41, 5.74) is 1.85. The molecule has 0 fully saturated rings. The highest BCUT2D eigenvalue weighted by molar-refractivity contribution is 9.10. The van der Waals surface area contributed by atoms with Crippen molar-refractivity contribution in [3.8, 4) is 11.5 Å². The number of rotatable bonds is 5. The lowest BCUT2D eigenvalue weighted by Gasteiger charge is -2.09. The van der Waals surface area contributed by atoms with E-state index in [1.54, 1.807) is 36.4 Å². The lowest BCUT2D eigenvalue weighted by molar-refractivity contribution is -0.115. The molecule has 0 atom stereocenters. The van der Waals surface area contributed by atoms with Crippen LogP contribution in [0, 0.1) is 0 Å². The van der Waals surface area contributed by atoms with Gasteiger partial charge < -0.3 is 20.4 Å². The number of benzene rings is 2. The third kappa shape index (κ3) is 4.90. The molecule has 0 saturated heterocycles. The van der Waals surface area contributed by atoms with Crippen LogP contribution in [0.1, 0.15) is 0 Å². The molecule has 0 bridgehead atoms. The van der Waals surface area contributed by atoms with E-state index >= 15 is 0 Å². The van der Waals surface area contributed by atoms with Crippen molar-refractivity contribution in [1.29, 1.82) is 0 Å². The largest absolute Gasteiger partial charge is 0.423 e. The number of nitrogens with zero attached hydrogens (tertiary/aromatic N) is 2. The van der Waals surface area contributed by atoms with Gasteiger partial charge in [0.15, 0.2) is 0 Å². The zero-order valence-electron chi connectivity index (χ0n) is 13.4. The maximum absolute atomic E-state index is 12.0. The number of hydrogen-bond donors (Lipinski definition) is 3. The number of carbonyl (C=O) groups is 2. The Bertz CT molecular complexity index is 897. The predicted molar refractivity (Wildman–Crippen MR) is 99.5 cm³/mol. The monoisotopic (exact) mass is 415 g/mol. The van der Waals surface area contributed by atoms with E-state index in [1.165, 1.54) is 6.39 Å². The zero-order chi connectivity index (χ0) is 18.4. The van der Waals surface area contributed by atoms with Gasteiger partial charge in [0, 0.05) is 21.4 Å². The number of halogens is 1. The second-order valence-corrected chi connectivity index (χ2v) is 6.10. The number of amides is 3. The van der Waals surface area contributed by atoms with Crippen molar-refractivity contribution >= 4 is 39.2 Å². The van der Waals surface area contributed by atoms with E-state index in [4.69, 9.17) is 4.42 Å². The first-order valence-electron chi connectivity index (χ1n) is 7.57. The lowest BCUT2D eigenvalue weighted by atomic mass is 10.2. The highest BCUT2D eigenvalue weighted by atomic mass is 79.9. The number of urea groups is 1. The molecule has 8 nitrogen and oxygen atoms in total. The van der Waals surface area contributed by atoms with Crippen molar-refractivity contribution in [3.63, 3.8) is 0 Å². The quantitative estimate of drug-likeness (QED) is 0.592. The molecule has 0 spiro atoms. The van der Waals surface area contributed by atoms with Gasteiger partial charge in [-0.3, -0.25) is 4.79 Å². The number of anilines is 2. The minimum absolute atomic E-state index is 0.161. The van der Waals surface area contributed by atoms with Crippen molar-refractivity contribution in [2.24, 2.45) is 0 Å². The second-order valence-electron chi connectivity index (χ2n) is 5.19. The Labute approximate surface area is 157 Å². The minimum Gasteiger partial charge on any atom is -0.423 e. The van der Waals surface area contributed by atoms with Crippen LogP contribution in [0.5, 0.6) is 0 Å². The van der Waals surface area contributed by atoms with Crippen molar-refractivity contribution in [3.05, 3.63) is 59.4 Å². The van der Waals surface area contributed by atoms with Gasteiger partial charge in [-0.2, -0.15) is 0 Å². The van der Waals surface area contributed by atoms with Crippen LogP contribution >= 0.6 is 15.9 Å². The molecular weight excluding hydrogens is 402 g/mol. The summed E-state index contributed by atoms with van der Waals surface area (Å²) in [6.45, 7) is -0.161. The molecule has 1 aromatic heterocycles. The topological polar surface area (TPSA) is 109 Å². The molecule has 0 aliphatic heterocycles. The highest BCUT2D eigenvalue weighted by Crippen LogP contribution is 2.20. The Morgan fingerprint density at radius 1 is 1.04 bits per heavy atom. The summed E-state index contributed by atoms with van der Waals surface area (Å²) in [6, 6.07) is 13.6. The van der Waals surface area contributed by atoms with E-state index in [9.17, 15) is 9.59 Å².